The van der Waals surface area contributed by atoms with Gasteiger partial charge in [0.15, 0.2) is 0 Å². The zero-order chi connectivity index (χ0) is 17.0. The van der Waals surface area contributed by atoms with Crippen LogP contribution in [0, 0.1) is 11.3 Å². The van der Waals surface area contributed by atoms with Crippen LogP contribution in [-0.2, 0) is 4.79 Å². The summed E-state index contributed by atoms with van der Waals surface area (Å²) in [5, 5.41) is 0. The number of halogens is 1. The Hall–Kier alpha value is -1.01. The number of carbonyl (C=O) groups excluding carboxylic acids is 2. The molecule has 0 bridgehead atoms. The lowest BCUT2D eigenvalue weighted by Gasteiger charge is -2.36. The average molecular weight is 361 g/mol. The highest BCUT2D eigenvalue weighted by Gasteiger charge is 2.32. The molecule has 0 saturated carbocycles. The van der Waals surface area contributed by atoms with E-state index in [4.69, 9.17) is 5.73 Å². The fourth-order valence-electron chi connectivity index (χ4n) is 3.52. The maximum absolute atomic E-state index is 12.6. The van der Waals surface area contributed by atoms with Crippen molar-refractivity contribution in [1.29, 1.82) is 0 Å². The number of rotatable bonds is 4. The van der Waals surface area contributed by atoms with Gasteiger partial charge in [0.25, 0.3) is 0 Å². The molecule has 0 aromatic rings. The molecule has 0 atom stereocenters. The second-order valence-electron chi connectivity index (χ2n) is 7.80. The molecule has 7 heteroatoms. The average Bonchev–Trinajstić information content (AvgIpc) is 3.07. The van der Waals surface area contributed by atoms with E-state index < -0.39 is 0 Å². The number of hydrogen-bond donors (Lipinski definition) is 1. The largest absolute Gasteiger partial charge is 0.345 e. The van der Waals surface area contributed by atoms with E-state index in [2.05, 4.69) is 13.8 Å². The molecule has 0 aromatic carbocycles. The van der Waals surface area contributed by atoms with E-state index in [1.807, 2.05) is 21.7 Å². The van der Waals surface area contributed by atoms with Crippen molar-refractivity contribution in [3.8, 4) is 0 Å². The molecule has 0 aromatic heterocycles. The van der Waals surface area contributed by atoms with Crippen LogP contribution in [0.1, 0.15) is 39.5 Å². The van der Waals surface area contributed by atoms with Crippen LogP contribution < -0.4 is 5.73 Å². The van der Waals surface area contributed by atoms with E-state index in [0.717, 1.165) is 38.8 Å². The van der Waals surface area contributed by atoms with Crippen LogP contribution in [0.4, 0.5) is 4.79 Å². The van der Waals surface area contributed by atoms with Gasteiger partial charge in [0, 0.05) is 45.7 Å². The molecule has 2 aliphatic rings. The molecule has 6 nitrogen and oxygen atoms in total. The Morgan fingerprint density at radius 1 is 1.08 bits per heavy atom. The van der Waals surface area contributed by atoms with Crippen molar-refractivity contribution < 1.29 is 9.59 Å². The molecule has 0 aliphatic carbocycles. The van der Waals surface area contributed by atoms with Crippen molar-refractivity contribution >= 4 is 24.3 Å². The summed E-state index contributed by atoms with van der Waals surface area (Å²) in [4.78, 5) is 30.6. The first kappa shape index (κ1) is 21.0. The minimum absolute atomic E-state index is 0. The van der Waals surface area contributed by atoms with Crippen LogP contribution in [0.15, 0.2) is 0 Å². The van der Waals surface area contributed by atoms with E-state index in [1.54, 1.807) is 0 Å². The van der Waals surface area contributed by atoms with Gasteiger partial charge in [-0.25, -0.2) is 4.79 Å². The van der Waals surface area contributed by atoms with Crippen molar-refractivity contribution in [3.63, 3.8) is 0 Å². The number of urea groups is 1. The molecule has 24 heavy (non-hydrogen) atoms. The van der Waals surface area contributed by atoms with Crippen LogP contribution in [-0.4, -0.2) is 73.0 Å². The zero-order valence-corrected chi connectivity index (χ0v) is 16.1. The number of nitrogens with two attached hydrogens (primary N) is 1. The van der Waals surface area contributed by atoms with Gasteiger partial charge in [-0.05, 0) is 37.6 Å². The van der Waals surface area contributed by atoms with E-state index in [0.29, 0.717) is 26.2 Å². The second-order valence-corrected chi connectivity index (χ2v) is 7.80. The molecular formula is C17H33ClN4O2. The standard InChI is InChI=1S/C17H32N4O2.ClH/c1-17(2,12-18)13-19(3)15(22)14-6-10-21(11-7-14)16(23)20-8-4-5-9-20;/h14H,4-13,18H2,1-3H3;1H. The predicted molar refractivity (Wildman–Crippen MR) is 98.2 cm³/mol. The topological polar surface area (TPSA) is 69.9 Å². The minimum atomic E-state index is -0.0587. The molecule has 0 unspecified atom stereocenters. The van der Waals surface area contributed by atoms with Gasteiger partial charge in [-0.15, -0.1) is 12.4 Å². The summed E-state index contributed by atoms with van der Waals surface area (Å²) in [5.41, 5.74) is 5.70. The van der Waals surface area contributed by atoms with Crippen molar-refractivity contribution in [1.82, 2.24) is 14.7 Å². The Bertz CT molecular complexity index is 430. The van der Waals surface area contributed by atoms with Crippen molar-refractivity contribution in [2.75, 3.05) is 46.3 Å². The summed E-state index contributed by atoms with van der Waals surface area (Å²) >= 11 is 0. The SMILES string of the molecule is CN(CC(C)(C)CN)C(=O)C1CCN(C(=O)N2CCCC2)CC1.Cl. The highest BCUT2D eigenvalue weighted by Crippen LogP contribution is 2.23. The van der Waals surface area contributed by atoms with E-state index in [1.165, 1.54) is 0 Å². The number of carbonyl (C=O) groups is 2. The van der Waals surface area contributed by atoms with Crippen molar-refractivity contribution in [2.24, 2.45) is 17.1 Å². The Kier molecular flexibility index (Phi) is 7.80. The van der Waals surface area contributed by atoms with Gasteiger partial charge in [-0.2, -0.15) is 0 Å². The lowest BCUT2D eigenvalue weighted by molar-refractivity contribution is -0.136. The van der Waals surface area contributed by atoms with Gasteiger partial charge in [0.2, 0.25) is 5.91 Å². The summed E-state index contributed by atoms with van der Waals surface area (Å²) < 4.78 is 0. The Labute approximate surface area is 152 Å². The normalized spacial score (nSPS) is 19.2. The van der Waals surface area contributed by atoms with Crippen LogP contribution in [0.3, 0.4) is 0 Å². The Morgan fingerprint density at radius 3 is 2.08 bits per heavy atom. The third-order valence-electron chi connectivity index (χ3n) is 5.09. The molecule has 2 saturated heterocycles. The van der Waals surface area contributed by atoms with Crippen LogP contribution in [0.2, 0.25) is 0 Å². The molecule has 2 aliphatic heterocycles. The molecule has 3 amide bonds. The summed E-state index contributed by atoms with van der Waals surface area (Å²) in [6.07, 6.45) is 3.77. The summed E-state index contributed by atoms with van der Waals surface area (Å²) in [6.45, 7) is 8.55. The lowest BCUT2D eigenvalue weighted by atomic mass is 9.91. The van der Waals surface area contributed by atoms with Crippen LogP contribution in [0.5, 0.6) is 0 Å². The lowest BCUT2D eigenvalue weighted by Crippen LogP contribution is -2.49. The highest BCUT2D eigenvalue weighted by molar-refractivity contribution is 5.85. The van der Waals surface area contributed by atoms with Gasteiger partial charge < -0.3 is 20.4 Å². The predicted octanol–water partition coefficient (Wildman–Crippen LogP) is 1.78. The van der Waals surface area contributed by atoms with Gasteiger partial charge in [0.1, 0.15) is 0 Å². The van der Waals surface area contributed by atoms with Gasteiger partial charge in [0.05, 0.1) is 0 Å². The fraction of sp³-hybridized carbons (Fsp3) is 0.882. The molecule has 0 radical (unpaired) electrons. The smallest absolute Gasteiger partial charge is 0.319 e. The molecule has 2 heterocycles. The molecule has 0 spiro atoms. The molecule has 2 N–H and O–H groups in total. The maximum atomic E-state index is 12.6. The molecule has 2 rings (SSSR count). The number of piperidine rings is 1. The number of likely N-dealkylation sites (tertiary alicyclic amines) is 2. The maximum Gasteiger partial charge on any atom is 0.319 e. The third-order valence-corrected chi connectivity index (χ3v) is 5.09. The quantitative estimate of drug-likeness (QED) is 0.830. The van der Waals surface area contributed by atoms with Crippen LogP contribution >= 0.6 is 12.4 Å². The summed E-state index contributed by atoms with van der Waals surface area (Å²) in [7, 11) is 1.86. The first-order valence-corrected chi connectivity index (χ1v) is 8.83. The second kappa shape index (κ2) is 8.90. The highest BCUT2D eigenvalue weighted by atomic mass is 35.5. The monoisotopic (exact) mass is 360 g/mol. The van der Waals surface area contributed by atoms with Gasteiger partial charge >= 0.3 is 6.03 Å². The van der Waals surface area contributed by atoms with E-state index >= 15 is 0 Å². The third kappa shape index (κ3) is 5.24. The zero-order valence-electron chi connectivity index (χ0n) is 15.3. The van der Waals surface area contributed by atoms with Crippen molar-refractivity contribution in [2.45, 2.75) is 39.5 Å². The number of nitrogens with zero attached hydrogens (tertiary/aromatic N) is 3. The summed E-state index contributed by atoms with van der Waals surface area (Å²) in [6, 6.07) is 0.158. The molecular weight excluding hydrogens is 328 g/mol. The molecule has 140 valence electrons. The first-order valence-electron chi connectivity index (χ1n) is 8.83. The summed E-state index contributed by atoms with van der Waals surface area (Å²) in [5.74, 6) is 0.232. The van der Waals surface area contributed by atoms with E-state index in [9.17, 15) is 9.59 Å². The number of amides is 3. The van der Waals surface area contributed by atoms with Gasteiger partial charge in [-0.3, -0.25) is 4.79 Å². The minimum Gasteiger partial charge on any atom is -0.345 e. The Morgan fingerprint density at radius 2 is 1.58 bits per heavy atom. The van der Waals surface area contributed by atoms with E-state index in [-0.39, 0.29) is 35.7 Å². The van der Waals surface area contributed by atoms with Crippen molar-refractivity contribution in [3.05, 3.63) is 0 Å². The Balaban J connectivity index is 0.00000288. The fourth-order valence-corrected chi connectivity index (χ4v) is 3.52. The molecule has 2 fully saturated rings. The number of hydrogen-bond acceptors (Lipinski definition) is 3. The van der Waals surface area contributed by atoms with Gasteiger partial charge in [-0.1, -0.05) is 13.8 Å². The van der Waals surface area contributed by atoms with Crippen LogP contribution in [0.25, 0.3) is 0 Å². The first-order chi connectivity index (χ1) is 10.8.